The van der Waals surface area contributed by atoms with E-state index in [1.807, 2.05) is 36.4 Å². The molecular weight excluding hydrogens is 186 g/mol. The van der Waals surface area contributed by atoms with Gasteiger partial charge in [0.15, 0.2) is 0 Å². The molecule has 0 saturated carbocycles. The standard InChI is InChI=1S/C13H13NO/c1-10(15)13-9-14-8-7-12(13)11-5-3-2-4-6-11/h2-10,15H,1H3. The van der Waals surface area contributed by atoms with Gasteiger partial charge in [-0.15, -0.1) is 0 Å². The summed E-state index contributed by atoms with van der Waals surface area (Å²) in [5.74, 6) is 0. The predicted molar refractivity (Wildman–Crippen MR) is 60.3 cm³/mol. The SMILES string of the molecule is CC(O)c1cnccc1-c1ccccc1. The number of benzene rings is 1. The Morgan fingerprint density at radius 1 is 1.13 bits per heavy atom. The van der Waals surface area contributed by atoms with Crippen LogP contribution < -0.4 is 0 Å². The first-order valence-corrected chi connectivity index (χ1v) is 4.96. The molecule has 0 aliphatic rings. The molecule has 1 atom stereocenters. The highest BCUT2D eigenvalue weighted by Gasteiger charge is 2.08. The minimum absolute atomic E-state index is 0.492. The molecule has 2 heteroatoms. The van der Waals surface area contributed by atoms with Crippen molar-refractivity contribution in [3.8, 4) is 11.1 Å². The van der Waals surface area contributed by atoms with Gasteiger partial charge in [-0.3, -0.25) is 4.98 Å². The minimum atomic E-state index is -0.492. The molecule has 0 amide bonds. The summed E-state index contributed by atoms with van der Waals surface area (Å²) in [5.41, 5.74) is 3.01. The molecular formula is C13H13NO. The number of aliphatic hydroxyl groups is 1. The van der Waals surface area contributed by atoms with Crippen molar-refractivity contribution in [3.63, 3.8) is 0 Å². The molecule has 2 aromatic rings. The first-order valence-electron chi connectivity index (χ1n) is 4.96. The van der Waals surface area contributed by atoms with Crippen LogP contribution in [0, 0.1) is 0 Å². The van der Waals surface area contributed by atoms with Crippen LogP contribution in [0.1, 0.15) is 18.6 Å². The average molecular weight is 199 g/mol. The van der Waals surface area contributed by atoms with Crippen molar-refractivity contribution in [2.24, 2.45) is 0 Å². The van der Waals surface area contributed by atoms with Crippen molar-refractivity contribution < 1.29 is 5.11 Å². The normalized spacial score (nSPS) is 12.4. The quantitative estimate of drug-likeness (QED) is 0.806. The third-order valence-corrected chi connectivity index (χ3v) is 2.39. The maximum Gasteiger partial charge on any atom is 0.0782 e. The maximum atomic E-state index is 9.63. The Labute approximate surface area is 89.2 Å². The van der Waals surface area contributed by atoms with Crippen LogP contribution in [0.3, 0.4) is 0 Å². The Hall–Kier alpha value is -1.67. The second-order valence-electron chi connectivity index (χ2n) is 3.50. The molecule has 0 aliphatic carbocycles. The van der Waals surface area contributed by atoms with E-state index in [2.05, 4.69) is 4.98 Å². The summed E-state index contributed by atoms with van der Waals surface area (Å²) in [4.78, 5) is 4.03. The molecule has 1 heterocycles. The molecule has 0 saturated heterocycles. The van der Waals surface area contributed by atoms with E-state index < -0.39 is 6.10 Å². The summed E-state index contributed by atoms with van der Waals surface area (Å²) >= 11 is 0. The lowest BCUT2D eigenvalue weighted by atomic mass is 9.99. The number of nitrogens with zero attached hydrogens (tertiary/aromatic N) is 1. The zero-order valence-corrected chi connectivity index (χ0v) is 8.59. The third kappa shape index (κ3) is 2.05. The maximum absolute atomic E-state index is 9.63. The van der Waals surface area contributed by atoms with Gasteiger partial charge in [0.1, 0.15) is 0 Å². The van der Waals surface area contributed by atoms with Crippen molar-refractivity contribution in [1.82, 2.24) is 4.98 Å². The summed E-state index contributed by atoms with van der Waals surface area (Å²) in [6, 6.07) is 11.9. The predicted octanol–water partition coefficient (Wildman–Crippen LogP) is 2.80. The molecule has 0 bridgehead atoms. The van der Waals surface area contributed by atoms with Crippen molar-refractivity contribution in [2.75, 3.05) is 0 Å². The van der Waals surface area contributed by atoms with E-state index in [9.17, 15) is 5.11 Å². The number of pyridine rings is 1. The lowest BCUT2D eigenvalue weighted by Gasteiger charge is -2.10. The van der Waals surface area contributed by atoms with Crippen LogP contribution in [0.2, 0.25) is 0 Å². The number of aliphatic hydroxyl groups excluding tert-OH is 1. The number of hydrogen-bond acceptors (Lipinski definition) is 2. The molecule has 15 heavy (non-hydrogen) atoms. The van der Waals surface area contributed by atoms with Gasteiger partial charge in [-0.25, -0.2) is 0 Å². The molecule has 1 aromatic heterocycles. The van der Waals surface area contributed by atoms with Gasteiger partial charge in [-0.1, -0.05) is 30.3 Å². The lowest BCUT2D eigenvalue weighted by Crippen LogP contribution is -1.95. The number of hydrogen-bond donors (Lipinski definition) is 1. The van der Waals surface area contributed by atoms with Gasteiger partial charge in [0.05, 0.1) is 6.10 Å². The van der Waals surface area contributed by atoms with Crippen LogP contribution in [0.25, 0.3) is 11.1 Å². The number of aromatic nitrogens is 1. The van der Waals surface area contributed by atoms with Crippen LogP contribution in [0.15, 0.2) is 48.8 Å². The topological polar surface area (TPSA) is 33.1 Å². The van der Waals surface area contributed by atoms with Crippen LogP contribution in [0.4, 0.5) is 0 Å². The molecule has 1 aromatic carbocycles. The molecule has 1 N–H and O–H groups in total. The third-order valence-electron chi connectivity index (χ3n) is 2.39. The second kappa shape index (κ2) is 4.24. The van der Waals surface area contributed by atoms with E-state index in [0.717, 1.165) is 16.7 Å². The molecule has 1 unspecified atom stereocenters. The van der Waals surface area contributed by atoms with Crippen LogP contribution >= 0.6 is 0 Å². The fraction of sp³-hybridized carbons (Fsp3) is 0.154. The zero-order chi connectivity index (χ0) is 10.7. The molecule has 0 radical (unpaired) electrons. The Morgan fingerprint density at radius 3 is 2.53 bits per heavy atom. The smallest absolute Gasteiger partial charge is 0.0782 e. The fourth-order valence-electron chi connectivity index (χ4n) is 1.62. The van der Waals surface area contributed by atoms with Crippen molar-refractivity contribution >= 4 is 0 Å². The van der Waals surface area contributed by atoms with E-state index in [-0.39, 0.29) is 0 Å². The van der Waals surface area contributed by atoms with Crippen molar-refractivity contribution in [1.29, 1.82) is 0 Å². The van der Waals surface area contributed by atoms with Crippen LogP contribution in [0.5, 0.6) is 0 Å². The zero-order valence-electron chi connectivity index (χ0n) is 8.59. The lowest BCUT2D eigenvalue weighted by molar-refractivity contribution is 0.199. The van der Waals surface area contributed by atoms with E-state index in [0.29, 0.717) is 0 Å². The molecule has 0 aliphatic heterocycles. The Bertz CT molecular complexity index is 437. The Balaban J connectivity index is 2.53. The van der Waals surface area contributed by atoms with Gasteiger partial charge in [-0.05, 0) is 24.1 Å². The van der Waals surface area contributed by atoms with Gasteiger partial charge in [-0.2, -0.15) is 0 Å². The average Bonchev–Trinajstić information content (AvgIpc) is 2.30. The highest BCUT2D eigenvalue weighted by Crippen LogP contribution is 2.26. The first kappa shape index (κ1) is 9.87. The fourth-order valence-corrected chi connectivity index (χ4v) is 1.62. The summed E-state index contributed by atoms with van der Waals surface area (Å²) in [7, 11) is 0. The molecule has 2 rings (SSSR count). The van der Waals surface area contributed by atoms with Crippen molar-refractivity contribution in [3.05, 3.63) is 54.4 Å². The monoisotopic (exact) mass is 199 g/mol. The Morgan fingerprint density at radius 2 is 1.87 bits per heavy atom. The Kier molecular flexibility index (Phi) is 2.79. The van der Waals surface area contributed by atoms with E-state index >= 15 is 0 Å². The van der Waals surface area contributed by atoms with Crippen LogP contribution in [-0.4, -0.2) is 10.1 Å². The van der Waals surface area contributed by atoms with Crippen LogP contribution in [-0.2, 0) is 0 Å². The summed E-state index contributed by atoms with van der Waals surface area (Å²) in [6.07, 6.45) is 2.97. The van der Waals surface area contributed by atoms with E-state index in [4.69, 9.17) is 0 Å². The highest BCUT2D eigenvalue weighted by atomic mass is 16.3. The van der Waals surface area contributed by atoms with Gasteiger partial charge in [0.25, 0.3) is 0 Å². The minimum Gasteiger partial charge on any atom is -0.389 e. The molecule has 0 fully saturated rings. The van der Waals surface area contributed by atoms with Crippen molar-refractivity contribution in [2.45, 2.75) is 13.0 Å². The second-order valence-corrected chi connectivity index (χ2v) is 3.50. The molecule has 76 valence electrons. The summed E-state index contributed by atoms with van der Waals surface area (Å²) < 4.78 is 0. The highest BCUT2D eigenvalue weighted by molar-refractivity contribution is 5.66. The summed E-state index contributed by atoms with van der Waals surface area (Å²) in [5, 5.41) is 9.63. The van der Waals surface area contributed by atoms with Gasteiger partial charge in [0.2, 0.25) is 0 Å². The first-order chi connectivity index (χ1) is 7.29. The van der Waals surface area contributed by atoms with E-state index in [1.165, 1.54) is 0 Å². The van der Waals surface area contributed by atoms with Gasteiger partial charge >= 0.3 is 0 Å². The largest absolute Gasteiger partial charge is 0.389 e. The molecule has 2 nitrogen and oxygen atoms in total. The molecule has 0 spiro atoms. The van der Waals surface area contributed by atoms with E-state index in [1.54, 1.807) is 19.3 Å². The summed E-state index contributed by atoms with van der Waals surface area (Å²) in [6.45, 7) is 1.75. The van der Waals surface area contributed by atoms with Gasteiger partial charge < -0.3 is 5.11 Å². The number of rotatable bonds is 2. The van der Waals surface area contributed by atoms with Gasteiger partial charge in [0, 0.05) is 18.0 Å².